The van der Waals surface area contributed by atoms with Gasteiger partial charge in [-0.25, -0.2) is 0 Å². The Labute approximate surface area is 197 Å². The molecule has 5 rings (SSSR count). The van der Waals surface area contributed by atoms with Crippen molar-refractivity contribution >= 4 is 34.2 Å². The summed E-state index contributed by atoms with van der Waals surface area (Å²) >= 11 is 0. The molecule has 6 nitrogen and oxygen atoms in total. The number of carbonyl (C=O) groups is 3. The first kappa shape index (κ1) is 21.5. The minimum Gasteiger partial charge on any atom is -0.325 e. The molecule has 1 aliphatic rings. The summed E-state index contributed by atoms with van der Waals surface area (Å²) in [6, 6.07) is 22.0. The number of pyridine rings is 1. The van der Waals surface area contributed by atoms with Crippen molar-refractivity contribution in [3.8, 4) is 0 Å². The summed E-state index contributed by atoms with van der Waals surface area (Å²) in [6.45, 7) is 2.02. The number of nitrogens with one attached hydrogen (secondary N) is 1. The van der Waals surface area contributed by atoms with Gasteiger partial charge < -0.3 is 5.32 Å². The van der Waals surface area contributed by atoms with Crippen molar-refractivity contribution < 1.29 is 14.4 Å². The van der Waals surface area contributed by atoms with Crippen molar-refractivity contribution in [3.63, 3.8) is 0 Å². The Morgan fingerprint density at radius 2 is 1.62 bits per heavy atom. The fourth-order valence-corrected chi connectivity index (χ4v) is 4.30. The second-order valence-electron chi connectivity index (χ2n) is 8.34. The molecular formula is C28H23N3O3. The number of imide groups is 1. The number of fused-ring (bicyclic) bond motifs is 2. The highest BCUT2D eigenvalue weighted by atomic mass is 16.2. The maximum Gasteiger partial charge on any atom is 0.261 e. The van der Waals surface area contributed by atoms with E-state index < -0.39 is 5.92 Å². The molecule has 0 saturated heterocycles. The van der Waals surface area contributed by atoms with Crippen LogP contribution in [0, 0.1) is 0 Å². The van der Waals surface area contributed by atoms with E-state index in [0.29, 0.717) is 16.8 Å². The Bertz CT molecular complexity index is 1380. The number of anilines is 1. The minimum absolute atomic E-state index is 0.0405. The van der Waals surface area contributed by atoms with E-state index in [9.17, 15) is 14.4 Å². The molecule has 2 heterocycles. The lowest BCUT2D eigenvalue weighted by Crippen LogP contribution is -2.38. The smallest absolute Gasteiger partial charge is 0.261 e. The van der Waals surface area contributed by atoms with Gasteiger partial charge in [0.05, 0.1) is 17.0 Å². The number of nitrogens with zero attached hydrogens (tertiary/aromatic N) is 2. The van der Waals surface area contributed by atoms with Crippen molar-refractivity contribution in [1.29, 1.82) is 0 Å². The van der Waals surface area contributed by atoms with Gasteiger partial charge in [-0.1, -0.05) is 49.4 Å². The van der Waals surface area contributed by atoms with Crippen LogP contribution < -0.4 is 5.32 Å². The summed E-state index contributed by atoms with van der Waals surface area (Å²) in [7, 11) is 0. The molecule has 0 fully saturated rings. The predicted octanol–water partition coefficient (Wildman–Crippen LogP) is 4.82. The number of amides is 3. The fourth-order valence-electron chi connectivity index (χ4n) is 4.30. The minimum atomic E-state index is -0.721. The molecule has 1 aromatic heterocycles. The maximum absolute atomic E-state index is 13.5. The Balaban J connectivity index is 1.46. The van der Waals surface area contributed by atoms with Crippen LogP contribution in [0.3, 0.4) is 0 Å². The first-order valence-corrected chi connectivity index (χ1v) is 11.2. The van der Waals surface area contributed by atoms with Gasteiger partial charge in [-0.3, -0.25) is 24.3 Å². The number of carbonyl (C=O) groups excluding carboxylic acids is 3. The highest BCUT2D eigenvalue weighted by molar-refractivity contribution is 6.21. The Morgan fingerprint density at radius 3 is 2.29 bits per heavy atom. The van der Waals surface area contributed by atoms with E-state index in [0.717, 1.165) is 28.3 Å². The molecule has 3 aromatic carbocycles. The second-order valence-corrected chi connectivity index (χ2v) is 8.34. The van der Waals surface area contributed by atoms with Crippen LogP contribution in [0.2, 0.25) is 0 Å². The van der Waals surface area contributed by atoms with E-state index in [2.05, 4.69) is 17.2 Å². The third-order valence-electron chi connectivity index (χ3n) is 6.26. The van der Waals surface area contributed by atoms with E-state index in [1.54, 1.807) is 36.7 Å². The van der Waals surface area contributed by atoms with Crippen LogP contribution in [-0.2, 0) is 11.2 Å². The molecule has 3 amide bonds. The number of aromatic nitrogens is 1. The zero-order chi connectivity index (χ0) is 23.7. The number of hydrogen-bond donors (Lipinski definition) is 1. The summed E-state index contributed by atoms with van der Waals surface area (Å²) in [5, 5.41) is 4.90. The van der Waals surface area contributed by atoms with E-state index in [-0.39, 0.29) is 24.3 Å². The maximum atomic E-state index is 13.5. The molecule has 1 unspecified atom stereocenters. The van der Waals surface area contributed by atoms with Gasteiger partial charge in [-0.2, -0.15) is 0 Å². The SMILES string of the molecule is CCc1ccc(C(CN2C(=O)c3ccccc3C2=O)C(=O)Nc2ccc3cnccc3c2)cc1. The molecule has 0 spiro atoms. The summed E-state index contributed by atoms with van der Waals surface area (Å²) in [5.41, 5.74) is 3.27. The van der Waals surface area contributed by atoms with Crippen LogP contribution in [0.15, 0.2) is 85.2 Å². The van der Waals surface area contributed by atoms with Crippen LogP contribution >= 0.6 is 0 Å². The summed E-state index contributed by atoms with van der Waals surface area (Å²) in [6.07, 6.45) is 4.34. The lowest BCUT2D eigenvalue weighted by atomic mass is 9.95. The Morgan fingerprint density at radius 1 is 0.912 bits per heavy atom. The zero-order valence-electron chi connectivity index (χ0n) is 18.7. The van der Waals surface area contributed by atoms with Gasteiger partial charge in [0.1, 0.15) is 0 Å². The standard InChI is InChI=1S/C28H23N3O3/c1-2-18-7-9-19(10-8-18)25(17-31-27(33)23-5-3-4-6-24(23)28(31)34)26(32)30-22-12-11-21-16-29-14-13-20(21)15-22/h3-16,25H,2,17H2,1H3,(H,30,32). The van der Waals surface area contributed by atoms with E-state index in [1.807, 2.05) is 48.5 Å². The van der Waals surface area contributed by atoms with E-state index >= 15 is 0 Å². The fraction of sp³-hybridized carbons (Fsp3) is 0.143. The number of rotatable bonds is 6. The van der Waals surface area contributed by atoms with Crippen LogP contribution in [0.1, 0.15) is 44.7 Å². The molecule has 34 heavy (non-hydrogen) atoms. The summed E-state index contributed by atoms with van der Waals surface area (Å²) in [5.74, 6) is -1.75. The third kappa shape index (κ3) is 3.94. The lowest BCUT2D eigenvalue weighted by molar-refractivity contribution is -0.117. The summed E-state index contributed by atoms with van der Waals surface area (Å²) < 4.78 is 0. The highest BCUT2D eigenvalue weighted by Crippen LogP contribution is 2.28. The average Bonchev–Trinajstić information content (AvgIpc) is 3.12. The van der Waals surface area contributed by atoms with E-state index in [1.165, 1.54) is 4.90 Å². The predicted molar refractivity (Wildman–Crippen MR) is 131 cm³/mol. The van der Waals surface area contributed by atoms with Crippen molar-refractivity contribution in [1.82, 2.24) is 9.88 Å². The lowest BCUT2D eigenvalue weighted by Gasteiger charge is -2.23. The molecule has 6 heteroatoms. The molecule has 4 aromatic rings. The first-order valence-electron chi connectivity index (χ1n) is 11.2. The van der Waals surface area contributed by atoms with Gasteiger partial charge in [0.15, 0.2) is 0 Å². The topological polar surface area (TPSA) is 79.4 Å². The average molecular weight is 450 g/mol. The molecular weight excluding hydrogens is 426 g/mol. The molecule has 0 bridgehead atoms. The van der Waals surface area contributed by atoms with Crippen LogP contribution in [0.25, 0.3) is 10.8 Å². The first-order chi connectivity index (χ1) is 16.5. The quantitative estimate of drug-likeness (QED) is 0.428. The second kappa shape index (κ2) is 8.90. The van der Waals surface area contributed by atoms with Crippen molar-refractivity contribution in [2.75, 3.05) is 11.9 Å². The van der Waals surface area contributed by atoms with Crippen LogP contribution in [-0.4, -0.2) is 34.2 Å². The Kier molecular flexibility index (Phi) is 5.64. The number of aryl methyl sites for hydroxylation is 1. The van der Waals surface area contributed by atoms with Crippen molar-refractivity contribution in [2.24, 2.45) is 0 Å². The van der Waals surface area contributed by atoms with Gasteiger partial charge in [0.2, 0.25) is 5.91 Å². The molecule has 1 atom stereocenters. The Hall–Kier alpha value is -4.32. The van der Waals surface area contributed by atoms with Gasteiger partial charge in [-0.05, 0) is 53.3 Å². The van der Waals surface area contributed by atoms with Gasteiger partial charge >= 0.3 is 0 Å². The number of hydrogen-bond acceptors (Lipinski definition) is 4. The zero-order valence-corrected chi connectivity index (χ0v) is 18.7. The monoisotopic (exact) mass is 449 g/mol. The molecule has 0 radical (unpaired) electrons. The highest BCUT2D eigenvalue weighted by Gasteiger charge is 2.38. The van der Waals surface area contributed by atoms with Gasteiger partial charge in [0, 0.05) is 30.0 Å². The number of benzene rings is 3. The molecule has 0 saturated carbocycles. The molecule has 1 N–H and O–H groups in total. The third-order valence-corrected chi connectivity index (χ3v) is 6.26. The normalized spacial score (nSPS) is 13.7. The van der Waals surface area contributed by atoms with Crippen molar-refractivity contribution in [2.45, 2.75) is 19.3 Å². The molecule has 1 aliphatic heterocycles. The van der Waals surface area contributed by atoms with Crippen LogP contribution in [0.5, 0.6) is 0 Å². The van der Waals surface area contributed by atoms with E-state index in [4.69, 9.17) is 0 Å². The largest absolute Gasteiger partial charge is 0.325 e. The molecule has 0 aliphatic carbocycles. The summed E-state index contributed by atoms with van der Waals surface area (Å²) in [4.78, 5) is 44.7. The van der Waals surface area contributed by atoms with Crippen LogP contribution in [0.4, 0.5) is 5.69 Å². The van der Waals surface area contributed by atoms with Gasteiger partial charge in [-0.15, -0.1) is 0 Å². The van der Waals surface area contributed by atoms with Crippen molar-refractivity contribution in [3.05, 3.63) is 107 Å². The van der Waals surface area contributed by atoms with Gasteiger partial charge in [0.25, 0.3) is 11.8 Å². The molecule has 168 valence electrons.